The second kappa shape index (κ2) is 10.2. The number of rotatable bonds is 4. The summed E-state index contributed by atoms with van der Waals surface area (Å²) in [7, 11) is 0. The molecule has 4 aromatic heterocycles. The summed E-state index contributed by atoms with van der Waals surface area (Å²) in [6, 6.07) is 44.8. The molecule has 0 fully saturated rings. The third-order valence-corrected chi connectivity index (χ3v) is 9.64. The quantitative estimate of drug-likeness (QED) is 0.194. The fourth-order valence-corrected chi connectivity index (χ4v) is 7.34. The summed E-state index contributed by atoms with van der Waals surface area (Å²) >= 11 is 1.68. The van der Waals surface area contributed by atoms with Gasteiger partial charge in [0.1, 0.15) is 27.3 Å². The molecule has 0 radical (unpaired) electrons. The molecule has 6 aromatic carbocycles. The van der Waals surface area contributed by atoms with Gasteiger partial charge in [-0.1, -0.05) is 97.1 Å². The van der Waals surface area contributed by atoms with Gasteiger partial charge in [-0.25, -0.2) is 19.9 Å². The Morgan fingerprint density at radius 3 is 1.94 bits per heavy atom. The van der Waals surface area contributed by atoms with Gasteiger partial charge < -0.3 is 8.83 Å². The molecule has 0 spiro atoms. The fourth-order valence-electron chi connectivity index (χ4n) is 6.34. The van der Waals surface area contributed by atoms with Crippen LogP contribution in [0.1, 0.15) is 0 Å². The van der Waals surface area contributed by atoms with Crippen LogP contribution < -0.4 is 0 Å². The maximum atomic E-state index is 6.43. The molecule has 7 heteroatoms. The molecule has 0 saturated heterocycles. The van der Waals surface area contributed by atoms with Crippen LogP contribution in [0.15, 0.2) is 142 Å². The summed E-state index contributed by atoms with van der Waals surface area (Å²) in [4.78, 5) is 20.0. The van der Waals surface area contributed by atoms with Crippen LogP contribution in [0.2, 0.25) is 0 Å². The Bertz CT molecular complexity index is 2800. The van der Waals surface area contributed by atoms with Crippen LogP contribution in [0.25, 0.3) is 98.8 Å². The lowest BCUT2D eigenvalue weighted by Crippen LogP contribution is -2.00. The smallest absolute Gasteiger partial charge is 0.164 e. The molecule has 10 rings (SSSR count). The minimum atomic E-state index is 0.568. The van der Waals surface area contributed by atoms with Crippen molar-refractivity contribution in [2.45, 2.75) is 0 Å². The molecule has 0 aliphatic carbocycles. The van der Waals surface area contributed by atoms with E-state index in [0.29, 0.717) is 17.5 Å². The van der Waals surface area contributed by atoms with Crippen LogP contribution in [-0.4, -0.2) is 19.9 Å². The molecule has 10 aromatic rings. The highest BCUT2D eigenvalue weighted by molar-refractivity contribution is 7.21. The van der Waals surface area contributed by atoms with E-state index in [4.69, 9.17) is 28.8 Å². The zero-order valence-corrected chi connectivity index (χ0v) is 25.5. The van der Waals surface area contributed by atoms with Crippen LogP contribution >= 0.6 is 11.3 Å². The number of nitrogens with zero attached hydrogens (tertiary/aromatic N) is 4. The molecule has 0 aliphatic rings. The van der Waals surface area contributed by atoms with E-state index in [1.165, 1.54) is 0 Å². The minimum Gasteiger partial charge on any atom is -0.456 e. The first-order valence-corrected chi connectivity index (χ1v) is 16.1. The average Bonchev–Trinajstić information content (AvgIpc) is 3.83. The van der Waals surface area contributed by atoms with E-state index in [-0.39, 0.29) is 0 Å². The molecule has 4 heterocycles. The van der Waals surface area contributed by atoms with Crippen molar-refractivity contribution in [1.29, 1.82) is 0 Å². The Kier molecular flexibility index (Phi) is 5.64. The Morgan fingerprint density at radius 2 is 1.09 bits per heavy atom. The maximum absolute atomic E-state index is 6.43. The van der Waals surface area contributed by atoms with Gasteiger partial charge in [-0.15, -0.1) is 11.3 Å². The van der Waals surface area contributed by atoms with E-state index in [1.54, 1.807) is 11.3 Å². The summed E-state index contributed by atoms with van der Waals surface area (Å²) in [5.41, 5.74) is 7.83. The number of hydrogen-bond acceptors (Lipinski definition) is 7. The zero-order chi connectivity index (χ0) is 30.9. The van der Waals surface area contributed by atoms with Crippen molar-refractivity contribution in [2.24, 2.45) is 0 Å². The second-order valence-electron chi connectivity index (χ2n) is 11.5. The predicted molar refractivity (Wildman–Crippen MR) is 189 cm³/mol. The van der Waals surface area contributed by atoms with Gasteiger partial charge in [0.25, 0.3) is 0 Å². The number of thiazole rings is 1. The van der Waals surface area contributed by atoms with Crippen molar-refractivity contribution in [3.63, 3.8) is 0 Å². The average molecular weight is 623 g/mol. The standard InChI is InChI=1S/C40H22N4O2S/c1-3-10-23(11-4-1)37-42-38(25-18-19-27-26-14-7-8-16-31(26)45-33(27)20-25)44-39(43-37)28-15-9-17-32-36(28)29-21-35-30(22-34(29)46-32)41-40(47-35)24-12-5-2-6-13-24/h1-22H. The van der Waals surface area contributed by atoms with E-state index in [9.17, 15) is 0 Å². The molecule has 0 amide bonds. The molecular weight excluding hydrogens is 601 g/mol. The number of para-hydroxylation sites is 1. The van der Waals surface area contributed by atoms with Crippen molar-refractivity contribution in [3.8, 4) is 44.7 Å². The Balaban J connectivity index is 1.19. The number of aromatic nitrogens is 4. The Labute approximate surface area is 271 Å². The van der Waals surface area contributed by atoms with Crippen LogP contribution in [0.5, 0.6) is 0 Å². The van der Waals surface area contributed by atoms with E-state index in [0.717, 1.165) is 81.4 Å². The van der Waals surface area contributed by atoms with E-state index >= 15 is 0 Å². The topological polar surface area (TPSA) is 77.8 Å². The summed E-state index contributed by atoms with van der Waals surface area (Å²) < 4.78 is 13.7. The largest absolute Gasteiger partial charge is 0.456 e. The summed E-state index contributed by atoms with van der Waals surface area (Å²) in [6.07, 6.45) is 0. The van der Waals surface area contributed by atoms with Crippen molar-refractivity contribution in [2.75, 3.05) is 0 Å². The monoisotopic (exact) mass is 622 g/mol. The molecule has 220 valence electrons. The lowest BCUT2D eigenvalue weighted by atomic mass is 10.0. The SMILES string of the molecule is c1ccc(-c2nc(-c3ccc4c(c3)oc3ccccc34)nc(-c3cccc4oc5cc6nc(-c7ccccc7)sc6cc5c34)n2)cc1. The van der Waals surface area contributed by atoms with Crippen LogP contribution in [0, 0.1) is 0 Å². The summed E-state index contributed by atoms with van der Waals surface area (Å²) in [5.74, 6) is 1.73. The predicted octanol–water partition coefficient (Wildman–Crippen LogP) is 10.9. The van der Waals surface area contributed by atoms with Crippen molar-refractivity contribution < 1.29 is 8.83 Å². The first-order chi connectivity index (χ1) is 23.2. The van der Waals surface area contributed by atoms with Crippen LogP contribution in [0.4, 0.5) is 0 Å². The first kappa shape index (κ1) is 26.1. The molecule has 6 nitrogen and oxygen atoms in total. The molecule has 47 heavy (non-hydrogen) atoms. The highest BCUT2D eigenvalue weighted by Crippen LogP contribution is 2.40. The molecule has 0 N–H and O–H groups in total. The molecule has 0 saturated carbocycles. The van der Waals surface area contributed by atoms with Gasteiger partial charge in [0, 0.05) is 49.9 Å². The van der Waals surface area contributed by atoms with Crippen molar-refractivity contribution in [1.82, 2.24) is 19.9 Å². The Morgan fingerprint density at radius 1 is 0.426 bits per heavy atom. The highest BCUT2D eigenvalue weighted by atomic mass is 32.1. The van der Waals surface area contributed by atoms with Crippen molar-refractivity contribution >= 4 is 65.4 Å². The number of furan rings is 2. The maximum Gasteiger partial charge on any atom is 0.164 e. The number of fused-ring (bicyclic) bond motifs is 7. The van der Waals surface area contributed by atoms with Crippen molar-refractivity contribution in [3.05, 3.63) is 133 Å². The van der Waals surface area contributed by atoms with E-state index in [1.807, 2.05) is 91.0 Å². The third kappa shape index (κ3) is 4.25. The Hall–Kier alpha value is -6.18. The van der Waals surface area contributed by atoms with Gasteiger partial charge in [-0.3, -0.25) is 0 Å². The number of hydrogen-bond donors (Lipinski definition) is 0. The van der Waals surface area contributed by atoms with Crippen LogP contribution in [-0.2, 0) is 0 Å². The fraction of sp³-hybridized carbons (Fsp3) is 0. The van der Waals surface area contributed by atoms with Gasteiger partial charge in [-0.05, 0) is 30.3 Å². The van der Waals surface area contributed by atoms with Gasteiger partial charge in [0.05, 0.1) is 10.2 Å². The number of benzene rings is 6. The first-order valence-electron chi connectivity index (χ1n) is 15.3. The van der Waals surface area contributed by atoms with E-state index < -0.39 is 0 Å². The van der Waals surface area contributed by atoms with Gasteiger partial charge in [0.2, 0.25) is 0 Å². The molecule has 0 aliphatic heterocycles. The molecular formula is C40H22N4O2S. The second-order valence-corrected chi connectivity index (χ2v) is 12.5. The highest BCUT2D eigenvalue weighted by Gasteiger charge is 2.20. The normalized spacial score (nSPS) is 11.8. The lowest BCUT2D eigenvalue weighted by Gasteiger charge is -2.09. The minimum absolute atomic E-state index is 0.568. The van der Waals surface area contributed by atoms with Gasteiger partial charge >= 0.3 is 0 Å². The van der Waals surface area contributed by atoms with Gasteiger partial charge in [0.15, 0.2) is 17.5 Å². The summed E-state index contributed by atoms with van der Waals surface area (Å²) in [5, 5.41) is 5.08. The molecule has 0 bridgehead atoms. The summed E-state index contributed by atoms with van der Waals surface area (Å²) in [6.45, 7) is 0. The lowest BCUT2D eigenvalue weighted by molar-refractivity contribution is 0.669. The third-order valence-electron chi connectivity index (χ3n) is 8.57. The zero-order valence-electron chi connectivity index (χ0n) is 24.7. The molecule has 0 atom stereocenters. The molecule has 0 unspecified atom stereocenters. The van der Waals surface area contributed by atoms with Crippen LogP contribution in [0.3, 0.4) is 0 Å². The van der Waals surface area contributed by atoms with Gasteiger partial charge in [-0.2, -0.15) is 0 Å². The van der Waals surface area contributed by atoms with E-state index in [2.05, 4.69) is 42.5 Å².